The number of halogens is 2. The average molecular weight is 451 g/mol. The molecule has 0 aromatic carbocycles. The highest BCUT2D eigenvalue weighted by molar-refractivity contribution is 6.28. The molecule has 0 aliphatic carbocycles. The van der Waals surface area contributed by atoms with Gasteiger partial charge in [-0.1, -0.05) is 0 Å². The Morgan fingerprint density at radius 2 is 2.03 bits per heavy atom. The third-order valence-electron chi connectivity index (χ3n) is 6.56. The summed E-state index contributed by atoms with van der Waals surface area (Å²) in [6, 6.07) is 0.0683. The van der Waals surface area contributed by atoms with E-state index in [1.54, 1.807) is 0 Å². The van der Waals surface area contributed by atoms with Crippen LogP contribution < -0.4 is 5.32 Å². The predicted octanol–water partition coefficient (Wildman–Crippen LogP) is 3.32. The molecule has 2 N–H and O–H groups in total. The van der Waals surface area contributed by atoms with Crippen molar-refractivity contribution in [2.75, 3.05) is 25.5 Å². The van der Waals surface area contributed by atoms with Gasteiger partial charge in [-0.2, -0.15) is 10.1 Å². The second kappa shape index (κ2) is 7.30. The van der Waals surface area contributed by atoms with Gasteiger partial charge in [0.2, 0.25) is 5.28 Å². The number of likely N-dealkylation sites (N-methyl/N-ethyl adjacent to an activating group) is 1. The largest absolute Gasteiger partial charge is 0.321 e. The lowest BCUT2D eigenvalue weighted by molar-refractivity contribution is 0.00695. The van der Waals surface area contributed by atoms with Gasteiger partial charge in [0.05, 0.1) is 24.0 Å². The van der Waals surface area contributed by atoms with Gasteiger partial charge in [-0.3, -0.25) is 10.00 Å². The molecule has 4 heterocycles. The van der Waals surface area contributed by atoms with Crippen LogP contribution in [-0.4, -0.2) is 72.6 Å². The first-order valence-corrected chi connectivity index (χ1v) is 10.6. The molecule has 31 heavy (non-hydrogen) atoms. The molecule has 1 fully saturated rings. The van der Waals surface area contributed by atoms with Gasteiger partial charge in [0.15, 0.2) is 17.5 Å². The minimum absolute atomic E-state index is 0.0227. The van der Waals surface area contributed by atoms with Crippen molar-refractivity contribution < 1.29 is 9.18 Å². The number of carbonyl (C=O) groups is 1. The van der Waals surface area contributed by atoms with E-state index in [0.29, 0.717) is 18.9 Å². The first kappa shape index (κ1) is 21.8. The van der Waals surface area contributed by atoms with E-state index in [2.05, 4.69) is 58.2 Å². The van der Waals surface area contributed by atoms with E-state index in [1.165, 1.54) is 0 Å². The predicted molar refractivity (Wildman–Crippen MR) is 116 cm³/mol. The number of hydrogen-bond acceptors (Lipinski definition) is 6. The Morgan fingerprint density at radius 1 is 1.32 bits per heavy atom. The molecule has 0 bridgehead atoms. The highest BCUT2D eigenvalue weighted by atomic mass is 35.5. The highest BCUT2D eigenvalue weighted by Gasteiger charge is 2.47. The van der Waals surface area contributed by atoms with E-state index >= 15 is 0 Å². The van der Waals surface area contributed by atoms with Crippen molar-refractivity contribution in [2.24, 2.45) is 0 Å². The fourth-order valence-electron chi connectivity index (χ4n) is 4.32. The van der Waals surface area contributed by atoms with Crippen molar-refractivity contribution in [2.45, 2.75) is 58.3 Å². The topological polar surface area (TPSA) is 93.3 Å². The van der Waals surface area contributed by atoms with E-state index in [9.17, 15) is 9.18 Å². The minimum atomic E-state index is -0.639. The lowest BCUT2D eigenvalue weighted by Gasteiger charge is -2.50. The number of piperazine rings is 1. The molecule has 2 aliphatic heterocycles. The Morgan fingerprint density at radius 3 is 2.74 bits per heavy atom. The first-order chi connectivity index (χ1) is 14.4. The van der Waals surface area contributed by atoms with Gasteiger partial charge in [0.25, 0.3) is 0 Å². The van der Waals surface area contributed by atoms with Crippen LogP contribution in [0.15, 0.2) is 6.20 Å². The Kier molecular flexibility index (Phi) is 5.13. The van der Waals surface area contributed by atoms with Crippen LogP contribution in [0.25, 0.3) is 0 Å². The molecule has 1 unspecified atom stereocenters. The van der Waals surface area contributed by atoms with E-state index in [-0.39, 0.29) is 28.7 Å². The number of urea groups is 1. The zero-order chi connectivity index (χ0) is 22.7. The van der Waals surface area contributed by atoms with E-state index in [0.717, 1.165) is 24.0 Å². The van der Waals surface area contributed by atoms with Gasteiger partial charge in [-0.15, -0.1) is 0 Å². The Labute approximate surface area is 186 Å². The highest BCUT2D eigenvalue weighted by Crippen LogP contribution is 2.42. The molecule has 2 amide bonds. The number of nitrogens with one attached hydrogen (secondary N) is 2. The Hall–Kier alpha value is -2.46. The minimum Gasteiger partial charge on any atom is -0.321 e. The summed E-state index contributed by atoms with van der Waals surface area (Å²) in [5, 5.41) is 10.1. The summed E-state index contributed by atoms with van der Waals surface area (Å²) in [6.45, 7) is 12.1. The molecule has 4 rings (SSSR count). The summed E-state index contributed by atoms with van der Waals surface area (Å²) in [4.78, 5) is 27.2. The maximum Gasteiger partial charge on any atom is 0.321 e. The maximum atomic E-state index is 14.1. The zero-order valence-electron chi connectivity index (χ0n) is 18.6. The van der Waals surface area contributed by atoms with Crippen LogP contribution in [0.2, 0.25) is 5.28 Å². The number of nitrogens with zero attached hydrogens (tertiary/aromatic N) is 6. The lowest BCUT2D eigenvalue weighted by atomic mass is 9.96. The average Bonchev–Trinajstić information content (AvgIpc) is 3.19. The molecule has 2 aromatic rings. The van der Waals surface area contributed by atoms with Gasteiger partial charge in [0.1, 0.15) is 0 Å². The molecule has 0 spiro atoms. The number of aromatic amines is 1. The molecule has 1 atom stereocenters. The number of anilines is 2. The van der Waals surface area contributed by atoms with Gasteiger partial charge in [-0.25, -0.2) is 14.2 Å². The van der Waals surface area contributed by atoms with Crippen LogP contribution in [0.4, 0.5) is 20.8 Å². The number of hydrogen-bond donors (Lipinski definition) is 2. The second-order valence-electron chi connectivity index (χ2n) is 9.48. The lowest BCUT2D eigenvalue weighted by Crippen LogP contribution is -2.65. The first-order valence-electron chi connectivity index (χ1n) is 10.2. The molecule has 2 aromatic heterocycles. The van der Waals surface area contributed by atoms with Crippen molar-refractivity contribution in [3.63, 3.8) is 0 Å². The smallest absolute Gasteiger partial charge is 0.321 e. The normalized spacial score (nSPS) is 22.5. The standard InChI is InChI=1S/C20H28ClFN8O/c1-11-8-28(6)19(2,3)10-29(11)18(31)30-9-12-14(20(30,4)5)26-27-15(12)24-16-13(22)7-23-17(21)25-16/h7,11H,8-10H2,1-6H3,(H2,23,24,25,26,27). The van der Waals surface area contributed by atoms with Crippen molar-refractivity contribution in [1.29, 1.82) is 0 Å². The summed E-state index contributed by atoms with van der Waals surface area (Å²) in [6.07, 6.45) is 1.00. The summed E-state index contributed by atoms with van der Waals surface area (Å²) < 4.78 is 14.1. The zero-order valence-corrected chi connectivity index (χ0v) is 19.4. The molecule has 0 radical (unpaired) electrons. The quantitative estimate of drug-likeness (QED) is 0.682. The molecule has 11 heteroatoms. The number of amides is 2. The monoisotopic (exact) mass is 450 g/mol. The van der Waals surface area contributed by atoms with Crippen LogP contribution in [0.3, 0.4) is 0 Å². The maximum absolute atomic E-state index is 14.1. The molecule has 2 aliphatic rings. The van der Waals surface area contributed by atoms with Crippen molar-refractivity contribution in [3.05, 3.63) is 28.6 Å². The van der Waals surface area contributed by atoms with Crippen LogP contribution >= 0.6 is 11.6 Å². The molecule has 9 nitrogen and oxygen atoms in total. The van der Waals surface area contributed by atoms with Crippen LogP contribution in [-0.2, 0) is 12.1 Å². The third-order valence-corrected chi connectivity index (χ3v) is 6.74. The number of H-pyrrole nitrogens is 1. The summed E-state index contributed by atoms with van der Waals surface area (Å²) in [7, 11) is 2.09. The van der Waals surface area contributed by atoms with E-state index in [4.69, 9.17) is 11.6 Å². The number of fused-ring (bicyclic) bond motifs is 1. The second-order valence-corrected chi connectivity index (χ2v) is 9.82. The van der Waals surface area contributed by atoms with Gasteiger partial charge in [0, 0.05) is 30.2 Å². The number of carbonyl (C=O) groups excluding carboxylic acids is 1. The van der Waals surface area contributed by atoms with Crippen molar-refractivity contribution in [1.82, 2.24) is 34.9 Å². The van der Waals surface area contributed by atoms with Crippen molar-refractivity contribution in [3.8, 4) is 0 Å². The molecular formula is C20H28ClFN8O. The van der Waals surface area contributed by atoms with Crippen LogP contribution in [0.1, 0.15) is 45.9 Å². The molecular weight excluding hydrogens is 423 g/mol. The van der Waals surface area contributed by atoms with E-state index in [1.807, 2.05) is 23.6 Å². The summed E-state index contributed by atoms with van der Waals surface area (Å²) in [5.41, 5.74) is 0.894. The summed E-state index contributed by atoms with van der Waals surface area (Å²) >= 11 is 5.80. The van der Waals surface area contributed by atoms with E-state index < -0.39 is 11.4 Å². The molecule has 1 saturated heterocycles. The fraction of sp³-hybridized carbons (Fsp3) is 0.600. The van der Waals surface area contributed by atoms with Crippen LogP contribution in [0.5, 0.6) is 0 Å². The number of aromatic nitrogens is 4. The SMILES string of the molecule is CC1CN(C)C(C)(C)CN1C(=O)N1Cc2c(Nc3nc(Cl)ncc3F)n[nH]c2C1(C)C. The van der Waals surface area contributed by atoms with Crippen molar-refractivity contribution >= 4 is 29.3 Å². The Balaban J connectivity index is 1.60. The molecule has 168 valence electrons. The number of rotatable bonds is 2. The van der Waals surface area contributed by atoms with Gasteiger partial charge in [-0.05, 0) is 53.3 Å². The molecule has 0 saturated carbocycles. The Bertz CT molecular complexity index is 1020. The summed E-state index contributed by atoms with van der Waals surface area (Å²) in [5.74, 6) is -0.287. The van der Waals surface area contributed by atoms with Gasteiger partial charge < -0.3 is 15.1 Å². The van der Waals surface area contributed by atoms with Crippen LogP contribution in [0, 0.1) is 5.82 Å². The fourth-order valence-corrected chi connectivity index (χ4v) is 4.45. The van der Waals surface area contributed by atoms with Gasteiger partial charge >= 0.3 is 6.03 Å². The third kappa shape index (κ3) is 3.61.